The van der Waals surface area contributed by atoms with Gasteiger partial charge in [0.05, 0.1) is 12.2 Å². The number of rotatable bonds is 5. The van der Waals surface area contributed by atoms with Gasteiger partial charge in [-0.2, -0.15) is 10.4 Å². The van der Waals surface area contributed by atoms with Crippen molar-refractivity contribution in [1.82, 2.24) is 9.78 Å². The summed E-state index contributed by atoms with van der Waals surface area (Å²) in [5, 5.41) is 15.8. The molecule has 5 heteroatoms. The number of aryl methyl sites for hydroxylation is 1. The lowest BCUT2D eigenvalue weighted by molar-refractivity contribution is 0.368. The molecule has 1 aromatic carbocycles. The van der Waals surface area contributed by atoms with Gasteiger partial charge in [0.2, 0.25) is 0 Å². The Morgan fingerprint density at radius 3 is 2.72 bits per heavy atom. The molecule has 0 atom stereocenters. The van der Waals surface area contributed by atoms with Gasteiger partial charge < -0.3 is 10.1 Å². The number of ether oxygens (including phenoxy) is 1. The molecule has 2 aromatic rings. The second kappa shape index (κ2) is 5.73. The maximum atomic E-state index is 8.40. The molecule has 0 unspecified atom stereocenters. The van der Waals surface area contributed by atoms with E-state index in [1.54, 1.807) is 6.20 Å². The summed E-state index contributed by atoms with van der Waals surface area (Å²) in [7, 11) is 1.91. The molecule has 1 heterocycles. The first-order chi connectivity index (χ1) is 8.79. The standard InChI is InChI=1S/C13H14N4O/c1-17-12(6-8-16-17)10-15-11-2-4-13(5-3-11)18-9-7-14/h2-6,8,15H,9-10H2,1H3. The Balaban J connectivity index is 1.91. The molecule has 0 amide bonds. The first kappa shape index (κ1) is 12.0. The minimum atomic E-state index is 0.0712. The van der Waals surface area contributed by atoms with Crippen molar-refractivity contribution in [3.05, 3.63) is 42.2 Å². The maximum Gasteiger partial charge on any atom is 0.174 e. The Bertz CT molecular complexity index is 539. The van der Waals surface area contributed by atoms with Crippen molar-refractivity contribution in [2.75, 3.05) is 11.9 Å². The first-order valence-electron chi connectivity index (χ1n) is 5.60. The van der Waals surface area contributed by atoms with Gasteiger partial charge in [0.25, 0.3) is 0 Å². The summed E-state index contributed by atoms with van der Waals surface area (Å²) in [6.07, 6.45) is 1.77. The van der Waals surface area contributed by atoms with Crippen molar-refractivity contribution < 1.29 is 4.74 Å². The van der Waals surface area contributed by atoms with Gasteiger partial charge >= 0.3 is 0 Å². The molecule has 0 aliphatic carbocycles. The molecule has 92 valence electrons. The highest BCUT2D eigenvalue weighted by molar-refractivity contribution is 5.46. The van der Waals surface area contributed by atoms with E-state index in [4.69, 9.17) is 10.00 Å². The van der Waals surface area contributed by atoms with Crippen LogP contribution in [0.25, 0.3) is 0 Å². The van der Waals surface area contributed by atoms with Crippen LogP contribution in [0, 0.1) is 11.3 Å². The SMILES string of the molecule is Cn1nccc1CNc1ccc(OCC#N)cc1. The molecule has 5 nitrogen and oxygen atoms in total. The van der Waals surface area contributed by atoms with Crippen LogP contribution in [0.1, 0.15) is 5.69 Å². The Kier molecular flexibility index (Phi) is 3.82. The second-order valence-electron chi connectivity index (χ2n) is 3.77. The number of aromatic nitrogens is 2. The van der Waals surface area contributed by atoms with Gasteiger partial charge in [-0.1, -0.05) is 0 Å². The molecule has 0 aliphatic rings. The van der Waals surface area contributed by atoms with Crippen LogP contribution in [0.3, 0.4) is 0 Å². The highest BCUT2D eigenvalue weighted by atomic mass is 16.5. The van der Waals surface area contributed by atoms with Crippen molar-refractivity contribution in [3.8, 4) is 11.8 Å². The Morgan fingerprint density at radius 1 is 1.33 bits per heavy atom. The van der Waals surface area contributed by atoms with Crippen LogP contribution in [0.15, 0.2) is 36.5 Å². The molecule has 0 radical (unpaired) electrons. The molecular weight excluding hydrogens is 228 g/mol. The van der Waals surface area contributed by atoms with Crippen LogP contribution in [-0.2, 0) is 13.6 Å². The largest absolute Gasteiger partial charge is 0.479 e. The highest BCUT2D eigenvalue weighted by Gasteiger charge is 1.99. The summed E-state index contributed by atoms with van der Waals surface area (Å²) in [6, 6.07) is 11.4. The fourth-order valence-electron chi connectivity index (χ4n) is 1.55. The summed E-state index contributed by atoms with van der Waals surface area (Å²) in [5.74, 6) is 0.697. The minimum Gasteiger partial charge on any atom is -0.479 e. The van der Waals surface area contributed by atoms with E-state index in [-0.39, 0.29) is 6.61 Å². The quantitative estimate of drug-likeness (QED) is 0.870. The third-order valence-corrected chi connectivity index (χ3v) is 2.55. The second-order valence-corrected chi connectivity index (χ2v) is 3.77. The number of nitrogens with zero attached hydrogens (tertiary/aromatic N) is 3. The number of hydrogen-bond acceptors (Lipinski definition) is 4. The predicted octanol–water partition coefficient (Wildman–Crippen LogP) is 1.93. The van der Waals surface area contributed by atoms with E-state index in [1.807, 2.05) is 48.1 Å². The normalized spacial score (nSPS) is 9.78. The lowest BCUT2D eigenvalue weighted by Crippen LogP contribution is -2.05. The Hall–Kier alpha value is -2.48. The number of hydrogen-bond donors (Lipinski definition) is 1. The summed E-state index contributed by atoms with van der Waals surface area (Å²) >= 11 is 0. The monoisotopic (exact) mass is 242 g/mol. The summed E-state index contributed by atoms with van der Waals surface area (Å²) in [6.45, 7) is 0.788. The third-order valence-electron chi connectivity index (χ3n) is 2.55. The first-order valence-corrected chi connectivity index (χ1v) is 5.60. The van der Waals surface area contributed by atoms with E-state index in [9.17, 15) is 0 Å². The molecule has 0 saturated carbocycles. The Labute approximate surface area is 106 Å². The molecule has 0 fully saturated rings. The summed E-state index contributed by atoms with van der Waals surface area (Å²) < 4.78 is 7.01. The Morgan fingerprint density at radius 2 is 2.11 bits per heavy atom. The van der Waals surface area contributed by atoms with Crippen LogP contribution >= 0.6 is 0 Å². The molecule has 1 N–H and O–H groups in total. The molecule has 0 saturated heterocycles. The zero-order chi connectivity index (χ0) is 12.8. The van der Waals surface area contributed by atoms with Crippen LogP contribution in [0.2, 0.25) is 0 Å². The number of anilines is 1. The summed E-state index contributed by atoms with van der Waals surface area (Å²) in [4.78, 5) is 0. The fraction of sp³-hybridized carbons (Fsp3) is 0.231. The van der Waals surface area contributed by atoms with Gasteiger partial charge in [0.15, 0.2) is 6.61 Å². The van der Waals surface area contributed by atoms with E-state index in [2.05, 4.69) is 10.4 Å². The van der Waals surface area contributed by atoms with Crippen LogP contribution in [-0.4, -0.2) is 16.4 Å². The molecule has 0 bridgehead atoms. The summed E-state index contributed by atoms with van der Waals surface area (Å²) in [5.41, 5.74) is 2.11. The zero-order valence-electron chi connectivity index (χ0n) is 10.1. The lowest BCUT2D eigenvalue weighted by Gasteiger charge is -2.07. The van der Waals surface area contributed by atoms with Gasteiger partial charge in [-0.3, -0.25) is 4.68 Å². The molecule has 0 aliphatic heterocycles. The van der Waals surface area contributed by atoms with E-state index in [0.29, 0.717) is 5.75 Å². The molecule has 18 heavy (non-hydrogen) atoms. The van der Waals surface area contributed by atoms with Gasteiger partial charge in [0.1, 0.15) is 11.8 Å². The van der Waals surface area contributed by atoms with Crippen LogP contribution in [0.4, 0.5) is 5.69 Å². The van der Waals surface area contributed by atoms with Crippen molar-refractivity contribution in [2.45, 2.75) is 6.54 Å². The molecular formula is C13H14N4O. The number of benzene rings is 1. The maximum absolute atomic E-state index is 8.40. The van der Waals surface area contributed by atoms with E-state index in [0.717, 1.165) is 17.9 Å². The van der Waals surface area contributed by atoms with Crippen LogP contribution < -0.4 is 10.1 Å². The van der Waals surface area contributed by atoms with Crippen LogP contribution in [0.5, 0.6) is 5.75 Å². The third kappa shape index (κ3) is 3.01. The topological polar surface area (TPSA) is 62.9 Å². The van der Waals surface area contributed by atoms with Gasteiger partial charge in [-0.05, 0) is 30.3 Å². The van der Waals surface area contributed by atoms with Crippen molar-refractivity contribution in [2.24, 2.45) is 7.05 Å². The zero-order valence-corrected chi connectivity index (χ0v) is 10.1. The predicted molar refractivity (Wildman–Crippen MR) is 68.1 cm³/mol. The molecule has 2 rings (SSSR count). The van der Waals surface area contributed by atoms with Crippen molar-refractivity contribution >= 4 is 5.69 Å². The van der Waals surface area contributed by atoms with Gasteiger partial charge in [-0.25, -0.2) is 0 Å². The van der Waals surface area contributed by atoms with E-state index >= 15 is 0 Å². The van der Waals surface area contributed by atoms with Gasteiger partial charge in [0, 0.05) is 18.9 Å². The average molecular weight is 242 g/mol. The lowest BCUT2D eigenvalue weighted by atomic mass is 10.3. The number of nitrogens with one attached hydrogen (secondary N) is 1. The molecule has 0 spiro atoms. The average Bonchev–Trinajstić information content (AvgIpc) is 2.81. The number of nitriles is 1. The molecule has 1 aromatic heterocycles. The minimum absolute atomic E-state index is 0.0712. The van der Waals surface area contributed by atoms with Crippen molar-refractivity contribution in [1.29, 1.82) is 5.26 Å². The fourth-order valence-corrected chi connectivity index (χ4v) is 1.55. The van der Waals surface area contributed by atoms with Crippen molar-refractivity contribution in [3.63, 3.8) is 0 Å². The smallest absolute Gasteiger partial charge is 0.174 e. The van der Waals surface area contributed by atoms with Gasteiger partial charge in [-0.15, -0.1) is 0 Å². The van der Waals surface area contributed by atoms with E-state index in [1.165, 1.54) is 0 Å². The van der Waals surface area contributed by atoms with E-state index < -0.39 is 0 Å². The highest BCUT2D eigenvalue weighted by Crippen LogP contribution is 2.16.